The average molecular weight is 651 g/mol. The number of thioether (sulfide) groups is 1. The molecule has 1 atom stereocenters. The Bertz CT molecular complexity index is 1700. The summed E-state index contributed by atoms with van der Waals surface area (Å²) in [6.45, 7) is 6.68. The molecule has 0 radical (unpaired) electrons. The minimum absolute atomic E-state index is 0.0956. The van der Waals surface area contributed by atoms with Crippen molar-refractivity contribution >= 4 is 34.6 Å². The molecule has 1 unspecified atom stereocenters. The Balaban J connectivity index is 1.11. The van der Waals surface area contributed by atoms with Gasteiger partial charge in [0.05, 0.1) is 17.1 Å². The third-order valence-corrected chi connectivity index (χ3v) is 8.34. The zero-order chi connectivity index (χ0) is 32.8. The van der Waals surface area contributed by atoms with Crippen LogP contribution in [0.4, 0.5) is 23.7 Å². The van der Waals surface area contributed by atoms with Crippen LogP contribution in [0.25, 0.3) is 17.1 Å². The van der Waals surface area contributed by atoms with Crippen LogP contribution in [0.15, 0.2) is 84.1 Å². The van der Waals surface area contributed by atoms with Crippen molar-refractivity contribution in [3.05, 3.63) is 90.3 Å². The third-order valence-electron chi connectivity index (χ3n) is 7.42. The van der Waals surface area contributed by atoms with E-state index < -0.39 is 12.4 Å². The molecule has 1 aliphatic heterocycles. The summed E-state index contributed by atoms with van der Waals surface area (Å²) in [6, 6.07) is 20.4. The van der Waals surface area contributed by atoms with Gasteiger partial charge >= 0.3 is 12.4 Å². The number of nitrogens with one attached hydrogen (secondary N) is 1. The molecular formula is C33H33F3N6O3S. The molecule has 1 N–H and O–H groups in total. The summed E-state index contributed by atoms with van der Waals surface area (Å²) < 4.78 is 42.6. The van der Waals surface area contributed by atoms with Crippen molar-refractivity contribution in [2.75, 3.05) is 17.2 Å². The van der Waals surface area contributed by atoms with E-state index in [0.29, 0.717) is 23.2 Å². The van der Waals surface area contributed by atoms with Gasteiger partial charge in [-0.2, -0.15) is 4.99 Å². The number of anilines is 1. The summed E-state index contributed by atoms with van der Waals surface area (Å²) in [4.78, 5) is 35.4. The van der Waals surface area contributed by atoms with Crippen LogP contribution in [-0.4, -0.2) is 50.5 Å². The number of alkyl halides is 3. The molecule has 5 rings (SSSR count). The second-order valence-corrected chi connectivity index (χ2v) is 12.0. The molecule has 9 nitrogen and oxygen atoms in total. The van der Waals surface area contributed by atoms with E-state index in [-0.39, 0.29) is 29.2 Å². The van der Waals surface area contributed by atoms with Crippen molar-refractivity contribution in [3.8, 4) is 22.8 Å². The van der Waals surface area contributed by atoms with Gasteiger partial charge in [-0.1, -0.05) is 75.0 Å². The average Bonchev–Trinajstić information content (AvgIpc) is 3.66. The Morgan fingerprint density at radius 3 is 2.46 bits per heavy atom. The van der Waals surface area contributed by atoms with Gasteiger partial charge in [-0.05, 0) is 66.1 Å². The number of rotatable bonds is 10. The van der Waals surface area contributed by atoms with Gasteiger partial charge in [-0.15, -0.1) is 18.3 Å². The van der Waals surface area contributed by atoms with E-state index in [1.807, 2.05) is 48.5 Å². The molecule has 0 saturated carbocycles. The highest BCUT2D eigenvalue weighted by atomic mass is 32.2. The molecule has 0 spiro atoms. The normalized spacial score (nSPS) is 15.1. The van der Waals surface area contributed by atoms with Gasteiger partial charge in [-0.3, -0.25) is 9.69 Å². The minimum Gasteiger partial charge on any atom is -0.406 e. The van der Waals surface area contributed by atoms with Crippen LogP contribution in [0.1, 0.15) is 56.6 Å². The summed E-state index contributed by atoms with van der Waals surface area (Å²) in [7, 11) is 0. The molecule has 13 heteroatoms. The number of benzene rings is 3. The highest BCUT2D eigenvalue weighted by Gasteiger charge is 2.32. The molecule has 3 amide bonds. The lowest BCUT2D eigenvalue weighted by Crippen LogP contribution is -2.32. The van der Waals surface area contributed by atoms with Gasteiger partial charge < -0.3 is 10.1 Å². The molecule has 2 heterocycles. The topological polar surface area (TPSA) is 102 Å². The van der Waals surface area contributed by atoms with Crippen LogP contribution in [0.3, 0.4) is 0 Å². The SMILES string of the molecule is CC(C)c1ccccc1N1C(=O)CS/C1=N\C(=O)NCCCC(C)c1ccc(-c2ncn(-c3ccc(OC(F)(F)F)cc3)n2)cc1. The molecule has 0 bridgehead atoms. The van der Waals surface area contributed by atoms with Crippen molar-refractivity contribution in [1.82, 2.24) is 20.1 Å². The van der Waals surface area contributed by atoms with E-state index >= 15 is 0 Å². The highest BCUT2D eigenvalue weighted by Crippen LogP contribution is 2.33. The molecule has 46 heavy (non-hydrogen) atoms. The van der Waals surface area contributed by atoms with Gasteiger partial charge in [-0.25, -0.2) is 14.5 Å². The number of carbonyl (C=O) groups excluding carboxylic acids is 2. The molecule has 1 saturated heterocycles. The van der Waals surface area contributed by atoms with Crippen molar-refractivity contribution in [2.45, 2.75) is 51.8 Å². The third kappa shape index (κ3) is 8.13. The predicted molar refractivity (Wildman–Crippen MR) is 172 cm³/mol. The van der Waals surface area contributed by atoms with Crippen molar-refractivity contribution in [2.24, 2.45) is 4.99 Å². The number of hydrogen-bond acceptors (Lipinski definition) is 6. The highest BCUT2D eigenvalue weighted by molar-refractivity contribution is 8.15. The summed E-state index contributed by atoms with van der Waals surface area (Å²) in [5.41, 5.74) is 4.24. The van der Waals surface area contributed by atoms with Crippen LogP contribution in [-0.2, 0) is 4.79 Å². The quantitative estimate of drug-likeness (QED) is 0.177. The minimum atomic E-state index is -4.75. The van der Waals surface area contributed by atoms with Gasteiger partial charge in [0.2, 0.25) is 5.91 Å². The number of para-hydroxylation sites is 1. The van der Waals surface area contributed by atoms with Gasteiger partial charge in [0.15, 0.2) is 11.0 Å². The largest absolute Gasteiger partial charge is 0.573 e. The van der Waals surface area contributed by atoms with Crippen LogP contribution < -0.4 is 15.0 Å². The van der Waals surface area contributed by atoms with Crippen molar-refractivity contribution < 1.29 is 27.5 Å². The second kappa shape index (κ2) is 14.2. The Morgan fingerprint density at radius 2 is 1.76 bits per heavy atom. The first-order chi connectivity index (χ1) is 22.0. The van der Waals surface area contributed by atoms with Gasteiger partial charge in [0, 0.05) is 12.1 Å². The van der Waals surface area contributed by atoms with E-state index in [9.17, 15) is 22.8 Å². The standard InChI is InChI=1S/C33H33F3N6O3S/c1-21(2)27-8-4-5-9-28(27)42-29(43)19-46-32(42)39-31(44)37-18-6-7-22(3)23-10-12-24(13-11-23)30-38-20-41(40-30)25-14-16-26(17-15-25)45-33(34,35)36/h4-5,8-17,20-22H,6-7,18-19H2,1-3H3,(H,37,44)/b39-32-. The Morgan fingerprint density at radius 1 is 1.04 bits per heavy atom. The maximum atomic E-state index is 12.7. The van der Waals surface area contributed by atoms with E-state index in [1.54, 1.807) is 4.90 Å². The Labute approximate surface area is 268 Å². The number of amides is 3. The predicted octanol–water partition coefficient (Wildman–Crippen LogP) is 7.69. The summed E-state index contributed by atoms with van der Waals surface area (Å²) in [6.07, 6.45) is -1.68. The lowest BCUT2D eigenvalue weighted by Gasteiger charge is -2.21. The number of amidine groups is 1. The molecule has 0 aliphatic carbocycles. The number of aromatic nitrogens is 3. The second-order valence-electron chi connectivity index (χ2n) is 11.1. The smallest absolute Gasteiger partial charge is 0.406 e. The maximum absolute atomic E-state index is 12.7. The first-order valence-electron chi connectivity index (χ1n) is 14.8. The number of carbonyl (C=O) groups is 2. The Hall–Kier alpha value is -4.65. The molecule has 1 aliphatic rings. The summed E-state index contributed by atoms with van der Waals surface area (Å²) in [5, 5.41) is 7.68. The van der Waals surface area contributed by atoms with Crippen LogP contribution in [0.5, 0.6) is 5.75 Å². The fourth-order valence-electron chi connectivity index (χ4n) is 5.04. The number of aliphatic imine (C=N–C) groups is 1. The van der Waals surface area contributed by atoms with E-state index in [0.717, 1.165) is 35.2 Å². The molecule has 3 aromatic carbocycles. The number of ether oxygens (including phenoxy) is 1. The lowest BCUT2D eigenvalue weighted by atomic mass is 9.95. The first kappa shape index (κ1) is 32.7. The van der Waals surface area contributed by atoms with Crippen molar-refractivity contribution in [1.29, 1.82) is 0 Å². The van der Waals surface area contributed by atoms with E-state index in [2.05, 4.69) is 45.9 Å². The lowest BCUT2D eigenvalue weighted by molar-refractivity contribution is -0.274. The molecule has 4 aromatic rings. The Kier molecular flexibility index (Phi) is 10.1. The maximum Gasteiger partial charge on any atom is 0.573 e. The number of halogens is 3. The number of nitrogens with zero attached hydrogens (tertiary/aromatic N) is 5. The van der Waals surface area contributed by atoms with E-state index in [1.165, 1.54) is 47.0 Å². The molecule has 1 aromatic heterocycles. The fraction of sp³-hybridized carbons (Fsp3) is 0.303. The van der Waals surface area contributed by atoms with E-state index in [4.69, 9.17) is 0 Å². The molecular weight excluding hydrogens is 617 g/mol. The van der Waals surface area contributed by atoms with Crippen LogP contribution in [0.2, 0.25) is 0 Å². The fourth-order valence-corrected chi connectivity index (χ4v) is 5.90. The monoisotopic (exact) mass is 650 g/mol. The van der Waals surface area contributed by atoms with Crippen LogP contribution in [0, 0.1) is 0 Å². The first-order valence-corrected chi connectivity index (χ1v) is 15.8. The zero-order valence-electron chi connectivity index (χ0n) is 25.5. The number of urea groups is 1. The molecule has 1 fully saturated rings. The number of hydrogen-bond donors (Lipinski definition) is 1. The van der Waals surface area contributed by atoms with Crippen LogP contribution >= 0.6 is 11.8 Å². The summed E-state index contributed by atoms with van der Waals surface area (Å²) in [5.74, 6) is 0.752. The van der Waals surface area contributed by atoms with Crippen molar-refractivity contribution in [3.63, 3.8) is 0 Å². The molecule has 240 valence electrons. The van der Waals surface area contributed by atoms with Gasteiger partial charge in [0.25, 0.3) is 0 Å². The summed E-state index contributed by atoms with van der Waals surface area (Å²) >= 11 is 1.26. The van der Waals surface area contributed by atoms with Gasteiger partial charge in [0.1, 0.15) is 12.1 Å². The zero-order valence-corrected chi connectivity index (χ0v) is 26.3.